The Labute approximate surface area is 255 Å². The molecule has 202 valence electrons. The first-order chi connectivity index (χ1) is 21.9. The van der Waals surface area contributed by atoms with E-state index in [1.807, 2.05) is 0 Å². The fourth-order valence-corrected chi connectivity index (χ4v) is 8.05. The maximum absolute atomic E-state index is 2.41. The Morgan fingerprint density at radius 1 is 0.205 bits per heavy atom. The summed E-state index contributed by atoms with van der Waals surface area (Å²) >= 11 is 0. The second-order valence-corrected chi connectivity index (χ2v) is 11.9. The molecule has 0 unspecified atom stereocenters. The first-order valence-corrected chi connectivity index (χ1v) is 15.4. The molecule has 0 aliphatic carbocycles. The lowest BCUT2D eigenvalue weighted by Gasteiger charge is -2.20. The Balaban J connectivity index is 1.52. The summed E-state index contributed by atoms with van der Waals surface area (Å²) in [5, 5.41) is 13.6. The molecule has 0 spiro atoms. The van der Waals surface area contributed by atoms with E-state index in [4.69, 9.17) is 0 Å². The van der Waals surface area contributed by atoms with Gasteiger partial charge in [-0.05, 0) is 98.4 Å². The van der Waals surface area contributed by atoms with E-state index in [2.05, 4.69) is 158 Å². The average molecular weight is 555 g/mol. The van der Waals surface area contributed by atoms with Gasteiger partial charge in [-0.3, -0.25) is 0 Å². The summed E-state index contributed by atoms with van der Waals surface area (Å²) in [5.74, 6) is 0. The van der Waals surface area contributed by atoms with Crippen LogP contribution in [0.4, 0.5) is 0 Å². The molecule has 10 rings (SSSR count). The van der Waals surface area contributed by atoms with Crippen molar-refractivity contribution in [3.05, 3.63) is 158 Å². The largest absolute Gasteiger partial charge is 0.0622 e. The fraction of sp³-hybridized carbons (Fsp3) is 0. The van der Waals surface area contributed by atoms with Crippen LogP contribution in [0.5, 0.6) is 0 Å². The summed E-state index contributed by atoms with van der Waals surface area (Å²) in [6.07, 6.45) is 0. The lowest BCUT2D eigenvalue weighted by Crippen LogP contribution is -1.92. The van der Waals surface area contributed by atoms with Crippen molar-refractivity contribution in [1.29, 1.82) is 0 Å². The van der Waals surface area contributed by atoms with Crippen LogP contribution in [0.15, 0.2) is 158 Å². The molecule has 0 fully saturated rings. The predicted molar refractivity (Wildman–Crippen MR) is 189 cm³/mol. The molecule has 0 heterocycles. The Morgan fingerprint density at radius 2 is 0.455 bits per heavy atom. The molecule has 0 nitrogen and oxygen atoms in total. The van der Waals surface area contributed by atoms with Crippen molar-refractivity contribution in [2.75, 3.05) is 0 Å². The van der Waals surface area contributed by atoms with Crippen LogP contribution in [0.3, 0.4) is 0 Å². The van der Waals surface area contributed by atoms with Crippen LogP contribution in [0.2, 0.25) is 0 Å². The highest BCUT2D eigenvalue weighted by Crippen LogP contribution is 2.57. The SMILES string of the molecule is c1ccc(-c2c(-c3ccccc3)c3ccc4c(-c5ccccc5)c(-c5ccccc5)c5ccc6ccc2c2c6c5c4c32)cc1. The molecule has 0 heteroatoms. The summed E-state index contributed by atoms with van der Waals surface area (Å²) in [6, 6.07) is 58.1. The van der Waals surface area contributed by atoms with Crippen molar-refractivity contribution >= 4 is 53.9 Å². The second-order valence-electron chi connectivity index (χ2n) is 11.9. The van der Waals surface area contributed by atoms with E-state index in [1.54, 1.807) is 0 Å². The molecular formula is C44H26. The molecule has 0 bridgehead atoms. The lowest BCUT2D eigenvalue weighted by molar-refractivity contribution is 1.63. The molecule has 0 N–H and O–H groups in total. The van der Waals surface area contributed by atoms with Crippen molar-refractivity contribution < 1.29 is 0 Å². The highest BCUT2D eigenvalue weighted by atomic mass is 14.3. The third-order valence-corrected chi connectivity index (χ3v) is 9.72. The van der Waals surface area contributed by atoms with Crippen molar-refractivity contribution in [1.82, 2.24) is 0 Å². The Morgan fingerprint density at radius 3 is 0.750 bits per heavy atom. The van der Waals surface area contributed by atoms with Gasteiger partial charge in [0.2, 0.25) is 0 Å². The molecule has 0 aliphatic heterocycles. The molecule has 0 aliphatic rings. The predicted octanol–water partition coefficient (Wildman–Crippen LogP) is 12.4. The third-order valence-electron chi connectivity index (χ3n) is 9.72. The Bertz CT molecular complexity index is 2420. The molecule has 0 radical (unpaired) electrons. The van der Waals surface area contributed by atoms with Gasteiger partial charge in [0.25, 0.3) is 0 Å². The van der Waals surface area contributed by atoms with Gasteiger partial charge in [0.05, 0.1) is 0 Å². The first kappa shape index (κ1) is 23.8. The Hall–Kier alpha value is -5.72. The van der Waals surface area contributed by atoms with Gasteiger partial charge in [0, 0.05) is 0 Å². The smallest absolute Gasteiger partial charge is 0.000695 e. The van der Waals surface area contributed by atoms with Crippen LogP contribution in [0.1, 0.15) is 0 Å². The minimum Gasteiger partial charge on any atom is -0.0622 e. The summed E-state index contributed by atoms with van der Waals surface area (Å²) in [6.45, 7) is 0. The highest BCUT2D eigenvalue weighted by Gasteiger charge is 2.29. The van der Waals surface area contributed by atoms with Gasteiger partial charge in [-0.15, -0.1) is 0 Å². The highest BCUT2D eigenvalue weighted by molar-refractivity contribution is 6.49. The monoisotopic (exact) mass is 554 g/mol. The molecule has 10 aromatic carbocycles. The zero-order chi connectivity index (χ0) is 28.8. The molecule has 10 aromatic rings. The van der Waals surface area contributed by atoms with Gasteiger partial charge in [-0.25, -0.2) is 0 Å². The third kappa shape index (κ3) is 3.07. The summed E-state index contributed by atoms with van der Waals surface area (Å²) in [4.78, 5) is 0. The number of hydrogen-bond donors (Lipinski definition) is 0. The van der Waals surface area contributed by atoms with E-state index < -0.39 is 0 Å². The van der Waals surface area contributed by atoms with Crippen LogP contribution >= 0.6 is 0 Å². The van der Waals surface area contributed by atoms with E-state index in [0.29, 0.717) is 0 Å². The molecular weight excluding hydrogens is 528 g/mol. The molecule has 0 aromatic heterocycles. The maximum atomic E-state index is 2.41. The average Bonchev–Trinajstić information content (AvgIpc) is 3.47. The van der Waals surface area contributed by atoms with Crippen LogP contribution < -0.4 is 0 Å². The molecule has 44 heavy (non-hydrogen) atoms. The van der Waals surface area contributed by atoms with Gasteiger partial charge in [0.15, 0.2) is 0 Å². The van der Waals surface area contributed by atoms with Crippen molar-refractivity contribution in [3.63, 3.8) is 0 Å². The van der Waals surface area contributed by atoms with Gasteiger partial charge >= 0.3 is 0 Å². The normalized spacial score (nSPS) is 12.1. The van der Waals surface area contributed by atoms with E-state index in [-0.39, 0.29) is 0 Å². The zero-order valence-electron chi connectivity index (χ0n) is 24.0. The van der Waals surface area contributed by atoms with E-state index in [9.17, 15) is 0 Å². The second kappa shape index (κ2) is 8.89. The topological polar surface area (TPSA) is 0 Å². The summed E-state index contributed by atoms with van der Waals surface area (Å²) in [7, 11) is 0. The molecule has 0 amide bonds. The van der Waals surface area contributed by atoms with Crippen LogP contribution in [-0.2, 0) is 0 Å². The maximum Gasteiger partial charge on any atom is -0.000695 e. The molecule has 0 atom stereocenters. The van der Waals surface area contributed by atoms with Gasteiger partial charge in [-0.1, -0.05) is 158 Å². The minimum absolute atomic E-state index is 1.25. The van der Waals surface area contributed by atoms with E-state index >= 15 is 0 Å². The summed E-state index contributed by atoms with van der Waals surface area (Å²) < 4.78 is 0. The fourth-order valence-electron chi connectivity index (χ4n) is 8.05. The van der Waals surface area contributed by atoms with Crippen molar-refractivity contribution in [3.8, 4) is 44.5 Å². The van der Waals surface area contributed by atoms with Gasteiger partial charge in [0.1, 0.15) is 0 Å². The molecule has 0 saturated heterocycles. The van der Waals surface area contributed by atoms with E-state index in [0.717, 1.165) is 0 Å². The van der Waals surface area contributed by atoms with Crippen molar-refractivity contribution in [2.45, 2.75) is 0 Å². The van der Waals surface area contributed by atoms with Crippen LogP contribution in [-0.4, -0.2) is 0 Å². The molecule has 0 saturated carbocycles. The Kier molecular flexibility index (Phi) is 4.81. The summed E-state index contributed by atoms with van der Waals surface area (Å²) in [5.41, 5.74) is 10.3. The van der Waals surface area contributed by atoms with Crippen LogP contribution in [0, 0.1) is 0 Å². The zero-order valence-corrected chi connectivity index (χ0v) is 24.0. The van der Waals surface area contributed by atoms with Gasteiger partial charge < -0.3 is 0 Å². The first-order valence-electron chi connectivity index (χ1n) is 15.4. The van der Waals surface area contributed by atoms with Crippen LogP contribution in [0.25, 0.3) is 98.4 Å². The quantitative estimate of drug-likeness (QED) is 0.190. The minimum atomic E-state index is 1.25. The lowest BCUT2D eigenvalue weighted by atomic mass is 9.83. The van der Waals surface area contributed by atoms with E-state index in [1.165, 1.54) is 98.4 Å². The standard InChI is InChI=1S/C44H26/c1-5-13-27(14-6-1)36-32-23-21-31-22-24-33-37(28-15-7-2-8-16-28)39(30-19-11-4-12-20-30)35-26-25-34(38(36)29-17-9-3-10-18-29)43-41(32)40(31)42(33)44(35)43/h1-26H. The number of rotatable bonds is 4. The number of benzene rings is 9. The number of hydrogen-bond acceptors (Lipinski definition) is 0. The van der Waals surface area contributed by atoms with Gasteiger partial charge in [-0.2, -0.15) is 0 Å². The van der Waals surface area contributed by atoms with Crippen molar-refractivity contribution in [2.24, 2.45) is 0 Å².